The Labute approximate surface area is 193 Å². The molecule has 1 aliphatic rings. The first-order valence-corrected chi connectivity index (χ1v) is 10.6. The average molecular weight is 474 g/mol. The van der Waals surface area contributed by atoms with E-state index in [-0.39, 0.29) is 12.4 Å². The van der Waals surface area contributed by atoms with Crippen molar-refractivity contribution in [3.63, 3.8) is 0 Å². The van der Waals surface area contributed by atoms with Crippen molar-refractivity contribution in [1.29, 1.82) is 0 Å². The molecule has 1 aromatic carbocycles. The van der Waals surface area contributed by atoms with Crippen molar-refractivity contribution in [2.45, 2.75) is 19.6 Å². The zero-order valence-corrected chi connectivity index (χ0v) is 18.3. The maximum Gasteiger partial charge on any atom is 0.416 e. The summed E-state index contributed by atoms with van der Waals surface area (Å²) in [5, 5.41) is 2.91. The first-order valence-electron chi connectivity index (χ1n) is 10.6. The van der Waals surface area contributed by atoms with E-state index < -0.39 is 17.6 Å². The zero-order valence-electron chi connectivity index (χ0n) is 18.3. The highest BCUT2D eigenvalue weighted by molar-refractivity contribution is 5.97. The van der Waals surface area contributed by atoms with E-state index in [9.17, 15) is 17.6 Å². The summed E-state index contributed by atoms with van der Waals surface area (Å²) in [6, 6.07) is 8.34. The van der Waals surface area contributed by atoms with Gasteiger partial charge in [-0.1, -0.05) is 6.07 Å². The molecule has 1 N–H and O–H groups in total. The van der Waals surface area contributed by atoms with Crippen LogP contribution in [0.25, 0.3) is 0 Å². The van der Waals surface area contributed by atoms with Crippen LogP contribution in [0.5, 0.6) is 0 Å². The Bertz CT molecular complexity index is 1160. The largest absolute Gasteiger partial charge is 0.416 e. The quantitative estimate of drug-likeness (QED) is 0.415. The van der Waals surface area contributed by atoms with Crippen LogP contribution in [0.2, 0.25) is 0 Å². The number of nitrogens with zero attached hydrogens (tertiary/aromatic N) is 5. The fourth-order valence-electron chi connectivity index (χ4n) is 3.36. The maximum atomic E-state index is 14.2. The lowest BCUT2D eigenvalue weighted by atomic mass is 10.2. The van der Waals surface area contributed by atoms with Crippen molar-refractivity contribution in [1.82, 2.24) is 15.0 Å². The number of rotatable bonds is 6. The number of alkyl halides is 3. The highest BCUT2D eigenvalue weighted by Crippen LogP contribution is 2.31. The minimum absolute atomic E-state index is 0.148. The van der Waals surface area contributed by atoms with Crippen molar-refractivity contribution in [2.24, 2.45) is 4.99 Å². The normalized spacial score (nSPS) is 14.9. The summed E-state index contributed by atoms with van der Waals surface area (Å²) in [6.45, 7) is 4.06. The lowest BCUT2D eigenvalue weighted by Gasteiger charge is -2.28. The lowest BCUT2D eigenvalue weighted by molar-refractivity contribution is -0.137. The van der Waals surface area contributed by atoms with Crippen LogP contribution in [-0.2, 0) is 17.5 Å². The second-order valence-corrected chi connectivity index (χ2v) is 7.59. The maximum absolute atomic E-state index is 14.2. The molecular formula is C23H22F4N6O. The van der Waals surface area contributed by atoms with Gasteiger partial charge in [0.1, 0.15) is 0 Å². The second-order valence-electron chi connectivity index (χ2n) is 7.59. The van der Waals surface area contributed by atoms with E-state index >= 15 is 0 Å². The third-order valence-corrected chi connectivity index (χ3v) is 5.16. The number of morpholine rings is 1. The van der Waals surface area contributed by atoms with Crippen LogP contribution in [0.1, 0.15) is 24.0 Å². The van der Waals surface area contributed by atoms with Crippen LogP contribution in [0.4, 0.5) is 34.8 Å². The van der Waals surface area contributed by atoms with Gasteiger partial charge in [0.2, 0.25) is 0 Å². The fraction of sp³-hybridized carbons (Fsp3) is 0.304. The summed E-state index contributed by atoms with van der Waals surface area (Å²) in [6.07, 6.45) is -1.76. The molecule has 3 aromatic rings. The van der Waals surface area contributed by atoms with E-state index in [2.05, 4.69) is 25.3 Å². The third-order valence-electron chi connectivity index (χ3n) is 5.16. The molecule has 7 nitrogen and oxygen atoms in total. The number of aromatic nitrogens is 3. The number of anilines is 3. The molecule has 0 spiro atoms. The molecule has 0 saturated carbocycles. The number of halogens is 4. The van der Waals surface area contributed by atoms with Crippen molar-refractivity contribution in [3.8, 4) is 0 Å². The molecule has 1 aliphatic heterocycles. The smallest absolute Gasteiger partial charge is 0.378 e. The Balaban J connectivity index is 1.42. The number of benzene rings is 1. The minimum atomic E-state index is -4.41. The summed E-state index contributed by atoms with van der Waals surface area (Å²) in [5.41, 5.74) is 1.31. The molecule has 4 rings (SSSR count). The highest BCUT2D eigenvalue weighted by atomic mass is 19.4. The van der Waals surface area contributed by atoms with Crippen LogP contribution < -0.4 is 10.2 Å². The van der Waals surface area contributed by atoms with Crippen molar-refractivity contribution < 1.29 is 22.3 Å². The van der Waals surface area contributed by atoms with Crippen molar-refractivity contribution >= 4 is 22.9 Å². The van der Waals surface area contributed by atoms with Crippen LogP contribution >= 0.6 is 0 Å². The molecule has 1 fully saturated rings. The number of ether oxygens (including phenoxy) is 1. The Morgan fingerprint density at radius 2 is 1.88 bits per heavy atom. The fourth-order valence-corrected chi connectivity index (χ4v) is 3.36. The molecule has 11 heteroatoms. The summed E-state index contributed by atoms with van der Waals surface area (Å²) >= 11 is 0. The van der Waals surface area contributed by atoms with Crippen LogP contribution in [0, 0.1) is 5.82 Å². The standard InChI is InChI=1S/C23H22F4N6O/c1-15(28-14-21-30-13-19(24)22(32-21)33-7-9-34-10-8-33)20-6-5-18(12-29-20)31-17-4-2-3-16(11-17)23(25,26)27/h2-6,11-13,31H,7-10,14H2,1H3. The molecule has 1 saturated heterocycles. The topological polar surface area (TPSA) is 75.5 Å². The summed E-state index contributed by atoms with van der Waals surface area (Å²) in [4.78, 5) is 18.9. The third kappa shape index (κ3) is 5.84. The Kier molecular flexibility index (Phi) is 7.01. The number of hydrogen-bond donors (Lipinski definition) is 1. The molecule has 0 amide bonds. The van der Waals surface area contributed by atoms with Gasteiger partial charge in [0.25, 0.3) is 0 Å². The Morgan fingerprint density at radius 1 is 1.09 bits per heavy atom. The molecule has 3 heterocycles. The number of hydrogen-bond acceptors (Lipinski definition) is 7. The SMILES string of the molecule is CC(=NCc1ncc(F)c(N2CCOCC2)n1)c1ccc(Nc2cccc(C(F)(F)F)c2)cn1. The Morgan fingerprint density at radius 3 is 2.59 bits per heavy atom. The predicted molar refractivity (Wildman–Crippen MR) is 120 cm³/mol. The summed E-state index contributed by atoms with van der Waals surface area (Å²) in [5.74, 6) is 0.131. The minimum Gasteiger partial charge on any atom is -0.378 e. The summed E-state index contributed by atoms with van der Waals surface area (Å²) < 4.78 is 58.1. The van der Waals surface area contributed by atoms with Gasteiger partial charge < -0.3 is 15.0 Å². The van der Waals surface area contributed by atoms with E-state index in [1.165, 1.54) is 12.3 Å². The second kappa shape index (κ2) is 10.1. The van der Waals surface area contributed by atoms with Gasteiger partial charge in [-0.25, -0.2) is 14.4 Å². The molecule has 0 bridgehead atoms. The van der Waals surface area contributed by atoms with Gasteiger partial charge in [-0.3, -0.25) is 9.98 Å². The van der Waals surface area contributed by atoms with Gasteiger partial charge in [0.15, 0.2) is 17.5 Å². The van der Waals surface area contributed by atoms with E-state index in [0.717, 1.165) is 18.3 Å². The van der Waals surface area contributed by atoms with E-state index in [0.29, 0.717) is 54.9 Å². The first kappa shape index (κ1) is 23.6. The highest BCUT2D eigenvalue weighted by Gasteiger charge is 2.30. The number of pyridine rings is 1. The monoisotopic (exact) mass is 474 g/mol. The van der Waals surface area contributed by atoms with Gasteiger partial charge >= 0.3 is 6.18 Å². The van der Waals surface area contributed by atoms with E-state index in [1.54, 1.807) is 25.1 Å². The zero-order chi connectivity index (χ0) is 24.1. The van der Waals surface area contributed by atoms with Gasteiger partial charge in [-0.15, -0.1) is 0 Å². The predicted octanol–water partition coefficient (Wildman–Crippen LogP) is 4.62. The molecule has 0 unspecified atom stereocenters. The van der Waals surface area contributed by atoms with Crippen molar-refractivity contribution in [3.05, 3.63) is 71.7 Å². The van der Waals surface area contributed by atoms with Gasteiger partial charge in [0.05, 0.1) is 54.8 Å². The van der Waals surface area contributed by atoms with Crippen LogP contribution in [-0.4, -0.2) is 47.0 Å². The molecular weight excluding hydrogens is 452 g/mol. The van der Waals surface area contributed by atoms with Gasteiger partial charge in [-0.2, -0.15) is 13.2 Å². The van der Waals surface area contributed by atoms with Gasteiger partial charge in [0, 0.05) is 18.8 Å². The van der Waals surface area contributed by atoms with E-state index in [4.69, 9.17) is 4.74 Å². The molecule has 34 heavy (non-hydrogen) atoms. The van der Waals surface area contributed by atoms with Crippen LogP contribution in [0.3, 0.4) is 0 Å². The number of nitrogens with one attached hydrogen (secondary N) is 1. The first-order chi connectivity index (χ1) is 16.3. The average Bonchev–Trinajstić information content (AvgIpc) is 2.84. The molecule has 0 radical (unpaired) electrons. The van der Waals surface area contributed by atoms with E-state index in [1.807, 2.05) is 4.90 Å². The Hall–Kier alpha value is -3.60. The van der Waals surface area contributed by atoms with Crippen LogP contribution in [0.15, 0.2) is 53.8 Å². The molecule has 2 aromatic heterocycles. The molecule has 0 aliphatic carbocycles. The summed E-state index contributed by atoms with van der Waals surface area (Å²) in [7, 11) is 0. The molecule has 178 valence electrons. The van der Waals surface area contributed by atoms with Crippen molar-refractivity contribution in [2.75, 3.05) is 36.5 Å². The van der Waals surface area contributed by atoms with Gasteiger partial charge in [-0.05, 0) is 37.3 Å². The number of aliphatic imine (C=N–C) groups is 1. The lowest BCUT2D eigenvalue weighted by Crippen LogP contribution is -2.37. The molecule has 0 atom stereocenters.